The Bertz CT molecular complexity index is 769. The van der Waals surface area contributed by atoms with Gasteiger partial charge >= 0.3 is 0 Å². The second-order valence-corrected chi connectivity index (χ2v) is 6.55. The SMILES string of the molecule is CC(C)CCNC(N)=NCCCc1nn(-c2ccccc2)c(N)c1C#N. The summed E-state index contributed by atoms with van der Waals surface area (Å²) < 4.78 is 1.61. The number of benzene rings is 1. The normalized spacial score (nSPS) is 11.5. The molecule has 0 atom stereocenters. The highest BCUT2D eigenvalue weighted by atomic mass is 15.3. The first-order valence-electron chi connectivity index (χ1n) is 8.89. The summed E-state index contributed by atoms with van der Waals surface area (Å²) in [6.45, 7) is 5.73. The molecular weight excluding hydrogens is 326 g/mol. The van der Waals surface area contributed by atoms with Gasteiger partial charge in [-0.2, -0.15) is 10.4 Å². The van der Waals surface area contributed by atoms with Crippen molar-refractivity contribution in [1.82, 2.24) is 15.1 Å². The Morgan fingerprint density at radius 1 is 1.35 bits per heavy atom. The van der Waals surface area contributed by atoms with Crippen molar-refractivity contribution in [2.24, 2.45) is 16.6 Å². The van der Waals surface area contributed by atoms with E-state index in [9.17, 15) is 5.26 Å². The lowest BCUT2D eigenvalue weighted by molar-refractivity contribution is 0.576. The van der Waals surface area contributed by atoms with Crippen LogP contribution in [0.15, 0.2) is 35.3 Å². The second-order valence-electron chi connectivity index (χ2n) is 6.55. The lowest BCUT2D eigenvalue weighted by Crippen LogP contribution is -2.33. The average molecular weight is 353 g/mol. The molecule has 0 amide bonds. The van der Waals surface area contributed by atoms with Gasteiger partial charge in [-0.3, -0.25) is 4.99 Å². The zero-order chi connectivity index (χ0) is 18.9. The van der Waals surface area contributed by atoms with Gasteiger partial charge in [0.05, 0.1) is 11.4 Å². The van der Waals surface area contributed by atoms with Crippen molar-refractivity contribution >= 4 is 11.8 Å². The lowest BCUT2D eigenvalue weighted by Gasteiger charge is -2.07. The quantitative estimate of drug-likeness (QED) is 0.382. The molecule has 1 heterocycles. The van der Waals surface area contributed by atoms with E-state index in [1.165, 1.54) is 0 Å². The van der Waals surface area contributed by atoms with Crippen molar-refractivity contribution in [2.75, 3.05) is 18.8 Å². The number of nitriles is 1. The van der Waals surface area contributed by atoms with E-state index < -0.39 is 0 Å². The number of aliphatic imine (C=N–C) groups is 1. The summed E-state index contributed by atoms with van der Waals surface area (Å²) in [5.41, 5.74) is 13.9. The van der Waals surface area contributed by atoms with Crippen molar-refractivity contribution < 1.29 is 0 Å². The summed E-state index contributed by atoms with van der Waals surface area (Å²) in [5.74, 6) is 1.46. The fourth-order valence-corrected chi connectivity index (χ4v) is 2.53. The number of nitrogen functional groups attached to an aromatic ring is 1. The molecule has 1 aromatic heterocycles. The van der Waals surface area contributed by atoms with Crippen molar-refractivity contribution in [3.63, 3.8) is 0 Å². The van der Waals surface area contributed by atoms with Gasteiger partial charge in [0, 0.05) is 13.1 Å². The predicted octanol–water partition coefficient (Wildman–Crippen LogP) is 2.21. The van der Waals surface area contributed by atoms with E-state index in [2.05, 4.69) is 35.3 Å². The first kappa shape index (κ1) is 19.3. The lowest BCUT2D eigenvalue weighted by atomic mass is 10.1. The van der Waals surface area contributed by atoms with E-state index in [0.29, 0.717) is 41.9 Å². The van der Waals surface area contributed by atoms with Crippen LogP contribution in [0.2, 0.25) is 0 Å². The van der Waals surface area contributed by atoms with E-state index in [0.717, 1.165) is 25.1 Å². The summed E-state index contributed by atoms with van der Waals surface area (Å²) in [4.78, 5) is 4.31. The molecule has 0 aliphatic heterocycles. The number of nitrogens with two attached hydrogens (primary N) is 2. The Morgan fingerprint density at radius 3 is 2.73 bits per heavy atom. The third-order valence-electron chi connectivity index (χ3n) is 3.99. The maximum Gasteiger partial charge on any atom is 0.188 e. The molecule has 0 unspecified atom stereocenters. The van der Waals surface area contributed by atoms with Crippen LogP contribution in [0.5, 0.6) is 0 Å². The maximum atomic E-state index is 9.41. The number of rotatable bonds is 8. The number of aromatic nitrogens is 2. The van der Waals surface area contributed by atoms with Gasteiger partial charge in [0.2, 0.25) is 0 Å². The molecule has 0 radical (unpaired) electrons. The van der Waals surface area contributed by atoms with Crippen molar-refractivity contribution in [3.05, 3.63) is 41.6 Å². The minimum Gasteiger partial charge on any atom is -0.382 e. The molecule has 0 saturated carbocycles. The van der Waals surface area contributed by atoms with Crippen LogP contribution >= 0.6 is 0 Å². The van der Waals surface area contributed by atoms with Gasteiger partial charge in [-0.15, -0.1) is 0 Å². The molecule has 0 spiro atoms. The molecule has 26 heavy (non-hydrogen) atoms. The van der Waals surface area contributed by atoms with Crippen LogP contribution in [0, 0.1) is 17.2 Å². The van der Waals surface area contributed by atoms with Gasteiger partial charge < -0.3 is 16.8 Å². The van der Waals surface area contributed by atoms with Crippen LogP contribution < -0.4 is 16.8 Å². The number of nitrogens with one attached hydrogen (secondary N) is 1. The molecule has 2 rings (SSSR count). The van der Waals surface area contributed by atoms with Crippen LogP contribution in [-0.2, 0) is 6.42 Å². The van der Waals surface area contributed by atoms with E-state index in [-0.39, 0.29) is 0 Å². The summed E-state index contributed by atoms with van der Waals surface area (Å²) in [6, 6.07) is 11.7. The fourth-order valence-electron chi connectivity index (χ4n) is 2.53. The average Bonchev–Trinajstić information content (AvgIpc) is 2.94. The Hall–Kier alpha value is -3.01. The van der Waals surface area contributed by atoms with Gasteiger partial charge in [-0.05, 0) is 37.3 Å². The number of anilines is 1. The zero-order valence-corrected chi connectivity index (χ0v) is 15.4. The molecule has 1 aromatic carbocycles. The highest BCUT2D eigenvalue weighted by molar-refractivity contribution is 5.77. The fraction of sp³-hybridized carbons (Fsp3) is 0.421. The number of para-hydroxylation sites is 1. The molecule has 7 heteroatoms. The number of hydrogen-bond acceptors (Lipinski definition) is 4. The molecule has 138 valence electrons. The first-order chi connectivity index (χ1) is 12.5. The van der Waals surface area contributed by atoms with Gasteiger partial charge in [0.25, 0.3) is 0 Å². The van der Waals surface area contributed by atoms with E-state index >= 15 is 0 Å². The summed E-state index contributed by atoms with van der Waals surface area (Å²) in [5, 5.41) is 17.0. The van der Waals surface area contributed by atoms with Crippen molar-refractivity contribution in [2.45, 2.75) is 33.1 Å². The Labute approximate surface area is 154 Å². The van der Waals surface area contributed by atoms with Crippen LogP contribution in [0.4, 0.5) is 5.82 Å². The Morgan fingerprint density at radius 2 is 2.08 bits per heavy atom. The predicted molar refractivity (Wildman–Crippen MR) is 105 cm³/mol. The highest BCUT2D eigenvalue weighted by Crippen LogP contribution is 2.21. The highest BCUT2D eigenvalue weighted by Gasteiger charge is 2.15. The number of nitrogens with zero attached hydrogens (tertiary/aromatic N) is 4. The molecule has 0 fully saturated rings. The molecule has 0 aliphatic carbocycles. The zero-order valence-electron chi connectivity index (χ0n) is 15.4. The third-order valence-corrected chi connectivity index (χ3v) is 3.99. The third kappa shape index (κ3) is 5.24. The maximum absolute atomic E-state index is 9.41. The largest absolute Gasteiger partial charge is 0.382 e. The van der Waals surface area contributed by atoms with Gasteiger partial charge in [0.1, 0.15) is 17.5 Å². The van der Waals surface area contributed by atoms with Crippen LogP contribution in [0.3, 0.4) is 0 Å². The topological polar surface area (TPSA) is 118 Å². The number of hydrogen-bond donors (Lipinski definition) is 3. The summed E-state index contributed by atoms with van der Waals surface area (Å²) >= 11 is 0. The van der Waals surface area contributed by atoms with E-state index in [1.54, 1.807) is 4.68 Å². The minimum absolute atomic E-state index is 0.368. The molecule has 0 saturated heterocycles. The molecule has 5 N–H and O–H groups in total. The summed E-state index contributed by atoms with van der Waals surface area (Å²) in [7, 11) is 0. The molecule has 7 nitrogen and oxygen atoms in total. The van der Waals surface area contributed by atoms with E-state index in [1.807, 2.05) is 30.3 Å². The van der Waals surface area contributed by atoms with Crippen LogP contribution in [-0.4, -0.2) is 28.8 Å². The monoisotopic (exact) mass is 353 g/mol. The number of guanidine groups is 1. The van der Waals surface area contributed by atoms with Crippen LogP contribution in [0.1, 0.15) is 37.9 Å². The Balaban J connectivity index is 1.95. The minimum atomic E-state index is 0.368. The van der Waals surface area contributed by atoms with Gasteiger partial charge in [-0.1, -0.05) is 32.0 Å². The molecule has 0 bridgehead atoms. The van der Waals surface area contributed by atoms with Gasteiger partial charge in [-0.25, -0.2) is 4.68 Å². The number of aryl methyl sites for hydroxylation is 1. The van der Waals surface area contributed by atoms with Crippen molar-refractivity contribution in [3.8, 4) is 11.8 Å². The standard InChI is InChI=1S/C19H27N7/c1-14(2)10-12-24-19(22)23-11-6-9-17-16(13-20)18(21)26(25-17)15-7-4-3-5-8-15/h3-5,7-8,14H,6,9-12,21H2,1-2H3,(H3,22,23,24). The Kier molecular flexibility index (Phi) is 7.03. The smallest absolute Gasteiger partial charge is 0.188 e. The molecule has 2 aromatic rings. The first-order valence-corrected chi connectivity index (χ1v) is 8.89. The molecule has 0 aliphatic rings. The summed E-state index contributed by atoms with van der Waals surface area (Å²) in [6.07, 6.45) is 2.42. The van der Waals surface area contributed by atoms with Crippen LogP contribution in [0.25, 0.3) is 5.69 Å². The van der Waals surface area contributed by atoms with Crippen molar-refractivity contribution in [1.29, 1.82) is 5.26 Å². The van der Waals surface area contributed by atoms with Gasteiger partial charge in [0.15, 0.2) is 5.96 Å². The molecular formula is C19H27N7. The second kappa shape index (κ2) is 9.47. The van der Waals surface area contributed by atoms with E-state index in [4.69, 9.17) is 11.5 Å².